The summed E-state index contributed by atoms with van der Waals surface area (Å²) in [5, 5.41) is 4.89. The fourth-order valence-electron chi connectivity index (χ4n) is 2.49. The van der Waals surface area contributed by atoms with Crippen LogP contribution in [0.25, 0.3) is 11.5 Å². The van der Waals surface area contributed by atoms with E-state index in [1.165, 1.54) is 30.6 Å². The van der Waals surface area contributed by atoms with Gasteiger partial charge in [0.05, 0.1) is 10.6 Å². The van der Waals surface area contributed by atoms with Gasteiger partial charge in [-0.25, -0.2) is 0 Å². The van der Waals surface area contributed by atoms with Crippen molar-refractivity contribution in [2.75, 3.05) is 5.73 Å². The van der Waals surface area contributed by atoms with Crippen LogP contribution in [0.5, 0.6) is 0 Å². The quantitative estimate of drug-likeness (QED) is 0.918. The molecule has 1 saturated carbocycles. The molecule has 96 valence electrons. The molecule has 3 rings (SSSR count). The van der Waals surface area contributed by atoms with Gasteiger partial charge >= 0.3 is 0 Å². The van der Waals surface area contributed by atoms with Crippen LogP contribution < -0.4 is 5.73 Å². The molecule has 0 aliphatic heterocycles. The summed E-state index contributed by atoms with van der Waals surface area (Å²) in [5.74, 6) is 1.91. The number of nitrogens with two attached hydrogens (primary N) is 1. The van der Waals surface area contributed by atoms with Gasteiger partial charge in [0, 0.05) is 10.8 Å². The van der Waals surface area contributed by atoms with Gasteiger partial charge in [-0.1, -0.05) is 24.9 Å². The third-order valence-corrected chi connectivity index (χ3v) is 4.66. The molecule has 2 heterocycles. The van der Waals surface area contributed by atoms with Crippen LogP contribution in [-0.2, 0) is 6.42 Å². The summed E-state index contributed by atoms with van der Waals surface area (Å²) in [6, 6.07) is 2.06. The SMILES string of the molecule is CCc1cc(-c2nc(C3CCCC3)no2)c(N)s1. The van der Waals surface area contributed by atoms with Gasteiger partial charge in [-0.15, -0.1) is 11.3 Å². The van der Waals surface area contributed by atoms with Crippen LogP contribution in [0.4, 0.5) is 5.00 Å². The van der Waals surface area contributed by atoms with Crippen molar-refractivity contribution in [2.45, 2.75) is 44.9 Å². The van der Waals surface area contributed by atoms with Crippen molar-refractivity contribution in [1.29, 1.82) is 0 Å². The molecule has 0 bridgehead atoms. The second-order valence-electron chi connectivity index (χ2n) is 4.78. The van der Waals surface area contributed by atoms with Gasteiger partial charge in [0.25, 0.3) is 5.89 Å². The average molecular weight is 263 g/mol. The first-order valence-corrected chi connectivity index (χ1v) is 7.31. The molecule has 2 N–H and O–H groups in total. The largest absolute Gasteiger partial charge is 0.390 e. The van der Waals surface area contributed by atoms with Gasteiger partial charge < -0.3 is 10.3 Å². The Morgan fingerprint density at radius 2 is 2.22 bits per heavy atom. The fraction of sp³-hybridized carbons (Fsp3) is 0.538. The number of nitrogen functional groups attached to an aromatic ring is 1. The van der Waals surface area contributed by atoms with E-state index in [4.69, 9.17) is 10.3 Å². The van der Waals surface area contributed by atoms with Crippen LogP contribution in [0, 0.1) is 0 Å². The molecular weight excluding hydrogens is 246 g/mol. The normalized spacial score (nSPS) is 16.5. The van der Waals surface area contributed by atoms with Crippen molar-refractivity contribution >= 4 is 16.3 Å². The molecule has 1 fully saturated rings. The van der Waals surface area contributed by atoms with Crippen molar-refractivity contribution in [3.05, 3.63) is 16.8 Å². The summed E-state index contributed by atoms with van der Waals surface area (Å²) in [6.45, 7) is 2.12. The van der Waals surface area contributed by atoms with E-state index in [1.54, 1.807) is 11.3 Å². The molecule has 18 heavy (non-hydrogen) atoms. The van der Waals surface area contributed by atoms with E-state index in [1.807, 2.05) is 0 Å². The van der Waals surface area contributed by atoms with Crippen LogP contribution in [0.3, 0.4) is 0 Å². The fourth-order valence-corrected chi connectivity index (χ4v) is 3.35. The van der Waals surface area contributed by atoms with E-state index >= 15 is 0 Å². The molecule has 0 spiro atoms. The predicted molar refractivity (Wildman–Crippen MR) is 72.6 cm³/mol. The highest BCUT2D eigenvalue weighted by molar-refractivity contribution is 7.16. The first-order chi connectivity index (χ1) is 8.78. The van der Waals surface area contributed by atoms with E-state index < -0.39 is 0 Å². The molecule has 2 aromatic heterocycles. The Kier molecular flexibility index (Phi) is 3.07. The summed E-state index contributed by atoms with van der Waals surface area (Å²) < 4.78 is 5.37. The molecule has 0 radical (unpaired) electrons. The minimum Gasteiger partial charge on any atom is -0.390 e. The molecule has 2 aromatic rings. The smallest absolute Gasteiger partial charge is 0.260 e. The predicted octanol–water partition coefficient (Wildman–Crippen LogP) is 3.60. The number of nitrogens with zero attached hydrogens (tertiary/aromatic N) is 2. The molecule has 4 nitrogen and oxygen atoms in total. The molecule has 0 aromatic carbocycles. The zero-order chi connectivity index (χ0) is 12.5. The third kappa shape index (κ3) is 2.03. The van der Waals surface area contributed by atoms with Gasteiger partial charge in [0.1, 0.15) is 0 Å². The highest BCUT2D eigenvalue weighted by atomic mass is 32.1. The van der Waals surface area contributed by atoms with Crippen molar-refractivity contribution in [3.8, 4) is 11.5 Å². The average Bonchev–Trinajstić information content (AvgIpc) is 3.08. The highest BCUT2D eigenvalue weighted by Crippen LogP contribution is 2.36. The van der Waals surface area contributed by atoms with Crippen LogP contribution in [0.15, 0.2) is 10.6 Å². The Morgan fingerprint density at radius 3 is 2.89 bits per heavy atom. The van der Waals surface area contributed by atoms with E-state index in [0.29, 0.717) is 11.8 Å². The Morgan fingerprint density at radius 1 is 1.44 bits per heavy atom. The van der Waals surface area contributed by atoms with Crippen LogP contribution in [-0.4, -0.2) is 10.1 Å². The van der Waals surface area contributed by atoms with Gasteiger partial charge in [-0.05, 0) is 25.3 Å². The molecule has 1 aliphatic rings. The first kappa shape index (κ1) is 11.7. The number of hydrogen-bond donors (Lipinski definition) is 1. The Bertz CT molecular complexity index is 540. The molecule has 0 atom stereocenters. The van der Waals surface area contributed by atoms with Crippen LogP contribution in [0.2, 0.25) is 0 Å². The van der Waals surface area contributed by atoms with E-state index in [0.717, 1.165) is 22.8 Å². The summed E-state index contributed by atoms with van der Waals surface area (Å²) >= 11 is 1.60. The van der Waals surface area contributed by atoms with Crippen molar-refractivity contribution in [3.63, 3.8) is 0 Å². The number of anilines is 1. The molecule has 5 heteroatoms. The second-order valence-corrected chi connectivity index (χ2v) is 5.95. The summed E-state index contributed by atoms with van der Waals surface area (Å²) in [7, 11) is 0. The summed E-state index contributed by atoms with van der Waals surface area (Å²) in [5.41, 5.74) is 6.90. The third-order valence-electron chi connectivity index (χ3n) is 3.55. The van der Waals surface area contributed by atoms with Crippen molar-refractivity contribution in [2.24, 2.45) is 0 Å². The van der Waals surface area contributed by atoms with Crippen molar-refractivity contribution in [1.82, 2.24) is 10.1 Å². The lowest BCUT2D eigenvalue weighted by atomic mass is 10.1. The molecule has 0 saturated heterocycles. The van der Waals surface area contributed by atoms with Crippen LogP contribution >= 0.6 is 11.3 Å². The molecule has 0 amide bonds. The lowest BCUT2D eigenvalue weighted by Crippen LogP contribution is -1.94. The minimum absolute atomic E-state index is 0.480. The summed E-state index contributed by atoms with van der Waals surface area (Å²) in [4.78, 5) is 5.77. The number of thiophene rings is 1. The lowest BCUT2D eigenvalue weighted by Gasteiger charge is -1.99. The molecule has 1 aliphatic carbocycles. The maximum atomic E-state index is 6.00. The number of aromatic nitrogens is 2. The Balaban J connectivity index is 1.89. The minimum atomic E-state index is 0.480. The van der Waals surface area contributed by atoms with Gasteiger partial charge in [-0.3, -0.25) is 0 Å². The zero-order valence-corrected chi connectivity index (χ0v) is 11.3. The van der Waals surface area contributed by atoms with E-state index in [-0.39, 0.29) is 0 Å². The number of rotatable bonds is 3. The topological polar surface area (TPSA) is 64.9 Å². The Hall–Kier alpha value is -1.36. The number of hydrogen-bond acceptors (Lipinski definition) is 5. The van der Waals surface area contributed by atoms with E-state index in [2.05, 4.69) is 23.1 Å². The Labute approximate surface area is 110 Å². The van der Waals surface area contributed by atoms with Crippen LogP contribution in [0.1, 0.15) is 49.2 Å². The zero-order valence-electron chi connectivity index (χ0n) is 10.5. The highest BCUT2D eigenvalue weighted by Gasteiger charge is 2.23. The second kappa shape index (κ2) is 4.72. The van der Waals surface area contributed by atoms with Crippen molar-refractivity contribution < 1.29 is 4.52 Å². The maximum absolute atomic E-state index is 6.00. The summed E-state index contributed by atoms with van der Waals surface area (Å²) in [6.07, 6.45) is 5.89. The maximum Gasteiger partial charge on any atom is 0.260 e. The standard InChI is InChI=1S/C13H17N3OS/c1-2-9-7-10(11(14)18-9)13-15-12(16-17-13)8-5-3-4-6-8/h7-8H,2-6,14H2,1H3. The molecule has 0 unspecified atom stereocenters. The van der Waals surface area contributed by atoms with Gasteiger partial charge in [-0.2, -0.15) is 4.98 Å². The first-order valence-electron chi connectivity index (χ1n) is 6.50. The number of aryl methyl sites for hydroxylation is 1. The monoisotopic (exact) mass is 263 g/mol. The molecular formula is C13H17N3OS. The van der Waals surface area contributed by atoms with E-state index in [9.17, 15) is 0 Å². The van der Waals surface area contributed by atoms with Gasteiger partial charge in [0.2, 0.25) is 0 Å². The van der Waals surface area contributed by atoms with Gasteiger partial charge in [0.15, 0.2) is 5.82 Å². The lowest BCUT2D eigenvalue weighted by molar-refractivity contribution is 0.416.